The van der Waals surface area contributed by atoms with E-state index in [0.29, 0.717) is 17.8 Å². The normalized spacial score (nSPS) is 18.2. The van der Waals surface area contributed by atoms with Gasteiger partial charge in [0.1, 0.15) is 11.6 Å². The molecule has 2 aromatic heterocycles. The van der Waals surface area contributed by atoms with Gasteiger partial charge in [-0.3, -0.25) is 0 Å². The highest BCUT2D eigenvalue weighted by molar-refractivity contribution is 5.46. The highest BCUT2D eigenvalue weighted by Gasteiger charge is 2.26. The van der Waals surface area contributed by atoms with Gasteiger partial charge >= 0.3 is 0 Å². The van der Waals surface area contributed by atoms with Crippen LogP contribution in [0.4, 0.5) is 11.8 Å². The van der Waals surface area contributed by atoms with Gasteiger partial charge in [0.05, 0.1) is 6.10 Å². The van der Waals surface area contributed by atoms with Crippen LogP contribution in [0, 0.1) is 0 Å². The van der Waals surface area contributed by atoms with Gasteiger partial charge < -0.3 is 19.9 Å². The molecule has 1 saturated heterocycles. The molecule has 0 aliphatic carbocycles. The second kappa shape index (κ2) is 7.29. The summed E-state index contributed by atoms with van der Waals surface area (Å²) in [5, 5.41) is 0. The molecule has 0 saturated carbocycles. The molecule has 0 aromatic carbocycles. The van der Waals surface area contributed by atoms with Crippen LogP contribution in [0.5, 0.6) is 5.88 Å². The maximum Gasteiger partial charge on any atom is 0.225 e. The number of hydrogen-bond donors (Lipinski definition) is 1. The molecule has 1 fully saturated rings. The summed E-state index contributed by atoms with van der Waals surface area (Å²) < 4.78 is 7.96. The molecule has 0 radical (unpaired) electrons. The molecular weight excluding hydrogens is 316 g/mol. The van der Waals surface area contributed by atoms with E-state index < -0.39 is 0 Å². The Hall–Kier alpha value is -2.31. The number of ether oxygens (including phenoxy) is 1. The van der Waals surface area contributed by atoms with Crippen LogP contribution >= 0.6 is 0 Å². The summed E-state index contributed by atoms with van der Waals surface area (Å²) in [5.74, 6) is 3.15. The Morgan fingerprint density at radius 3 is 2.76 bits per heavy atom. The van der Waals surface area contributed by atoms with Gasteiger partial charge in [-0.15, -0.1) is 0 Å². The van der Waals surface area contributed by atoms with E-state index in [-0.39, 0.29) is 12.1 Å². The number of aromatic nitrogens is 4. The average Bonchev–Trinajstić information content (AvgIpc) is 3.03. The Balaban J connectivity index is 1.81. The van der Waals surface area contributed by atoms with Crippen molar-refractivity contribution in [2.24, 2.45) is 0 Å². The molecule has 3 rings (SSSR count). The number of rotatable bonds is 5. The third-order valence-corrected chi connectivity index (χ3v) is 4.43. The Kier molecular flexibility index (Phi) is 5.11. The van der Waals surface area contributed by atoms with Gasteiger partial charge in [-0.25, -0.2) is 4.98 Å². The number of anilines is 2. The van der Waals surface area contributed by atoms with E-state index in [1.54, 1.807) is 0 Å². The van der Waals surface area contributed by atoms with Crippen molar-refractivity contribution >= 4 is 11.8 Å². The van der Waals surface area contributed by atoms with Crippen LogP contribution in [-0.4, -0.2) is 38.7 Å². The summed E-state index contributed by atoms with van der Waals surface area (Å²) in [6.45, 7) is 10.2. The molecule has 1 aliphatic heterocycles. The molecule has 25 heavy (non-hydrogen) atoms. The van der Waals surface area contributed by atoms with Crippen LogP contribution in [0.3, 0.4) is 0 Å². The third kappa shape index (κ3) is 4.03. The lowest BCUT2D eigenvalue weighted by molar-refractivity contribution is 0.232. The van der Waals surface area contributed by atoms with E-state index in [0.717, 1.165) is 37.6 Å². The maximum absolute atomic E-state index is 5.89. The lowest BCUT2D eigenvalue weighted by Gasteiger charge is -2.34. The molecule has 7 nitrogen and oxygen atoms in total. The van der Waals surface area contributed by atoms with Crippen molar-refractivity contribution < 1.29 is 4.74 Å². The van der Waals surface area contributed by atoms with Crippen LogP contribution in [0.15, 0.2) is 18.5 Å². The molecule has 7 heteroatoms. The predicted octanol–water partition coefficient (Wildman–Crippen LogP) is 3.01. The van der Waals surface area contributed by atoms with Crippen molar-refractivity contribution in [3.05, 3.63) is 24.3 Å². The van der Waals surface area contributed by atoms with Gasteiger partial charge in [0.2, 0.25) is 11.8 Å². The Morgan fingerprint density at radius 2 is 2.04 bits per heavy atom. The fourth-order valence-corrected chi connectivity index (χ4v) is 3.37. The van der Waals surface area contributed by atoms with Crippen molar-refractivity contribution in [3.8, 4) is 5.88 Å². The Labute approximate surface area is 149 Å². The first kappa shape index (κ1) is 17.5. The summed E-state index contributed by atoms with van der Waals surface area (Å²) in [6.07, 6.45) is 6.24. The number of piperidine rings is 1. The van der Waals surface area contributed by atoms with Gasteiger partial charge in [0.25, 0.3) is 0 Å². The monoisotopic (exact) mass is 344 g/mol. The molecule has 0 amide bonds. The smallest absolute Gasteiger partial charge is 0.225 e. The maximum atomic E-state index is 5.89. The predicted molar refractivity (Wildman–Crippen MR) is 99.0 cm³/mol. The van der Waals surface area contributed by atoms with Crippen molar-refractivity contribution in [2.45, 2.75) is 58.6 Å². The van der Waals surface area contributed by atoms with Crippen LogP contribution in [0.2, 0.25) is 0 Å². The third-order valence-electron chi connectivity index (χ3n) is 4.43. The summed E-state index contributed by atoms with van der Waals surface area (Å²) >= 11 is 0. The van der Waals surface area contributed by atoms with Crippen LogP contribution in [0.25, 0.3) is 0 Å². The first-order chi connectivity index (χ1) is 11.9. The number of nitrogens with zero attached hydrogens (tertiary/aromatic N) is 5. The molecule has 3 heterocycles. The summed E-state index contributed by atoms with van der Waals surface area (Å²) in [4.78, 5) is 15.5. The fraction of sp³-hybridized carbons (Fsp3) is 0.611. The van der Waals surface area contributed by atoms with Gasteiger partial charge in [0, 0.05) is 43.5 Å². The van der Waals surface area contributed by atoms with Crippen LogP contribution in [-0.2, 0) is 0 Å². The van der Waals surface area contributed by atoms with Gasteiger partial charge in [0.15, 0.2) is 0 Å². The van der Waals surface area contributed by atoms with Crippen molar-refractivity contribution in [1.82, 2.24) is 19.5 Å². The topological polar surface area (TPSA) is 82.1 Å². The molecule has 136 valence electrons. The molecule has 1 atom stereocenters. The van der Waals surface area contributed by atoms with Gasteiger partial charge in [-0.2, -0.15) is 9.97 Å². The minimum Gasteiger partial charge on any atom is -0.475 e. The van der Waals surface area contributed by atoms with E-state index >= 15 is 0 Å². The molecule has 2 aromatic rings. The first-order valence-electron chi connectivity index (χ1n) is 9.03. The van der Waals surface area contributed by atoms with Crippen molar-refractivity contribution in [1.29, 1.82) is 0 Å². The lowest BCUT2D eigenvalue weighted by atomic mass is 9.97. The largest absolute Gasteiger partial charge is 0.475 e. The van der Waals surface area contributed by atoms with Crippen molar-refractivity contribution in [2.75, 3.05) is 23.7 Å². The second-order valence-electron chi connectivity index (χ2n) is 7.16. The zero-order valence-electron chi connectivity index (χ0n) is 15.5. The lowest BCUT2D eigenvalue weighted by Crippen LogP contribution is -2.36. The van der Waals surface area contributed by atoms with Crippen molar-refractivity contribution in [3.63, 3.8) is 0 Å². The Bertz CT molecular complexity index is 711. The highest BCUT2D eigenvalue weighted by atomic mass is 16.5. The van der Waals surface area contributed by atoms with Gasteiger partial charge in [-0.05, 0) is 40.5 Å². The fourth-order valence-electron chi connectivity index (χ4n) is 3.37. The van der Waals surface area contributed by atoms with E-state index in [1.165, 1.54) is 0 Å². The van der Waals surface area contributed by atoms with E-state index in [9.17, 15) is 0 Å². The SMILES string of the molecule is CC(C)Oc1cc(N2CCCC(c3nccn3C(C)C)C2)nc(N)n1. The van der Waals surface area contributed by atoms with Gasteiger partial charge in [-0.1, -0.05) is 0 Å². The number of nitrogen functional groups attached to an aromatic ring is 1. The summed E-state index contributed by atoms with van der Waals surface area (Å²) in [7, 11) is 0. The van der Waals surface area contributed by atoms with Crippen LogP contribution < -0.4 is 15.4 Å². The zero-order chi connectivity index (χ0) is 18.0. The van der Waals surface area contributed by atoms with E-state index in [4.69, 9.17) is 10.5 Å². The quantitative estimate of drug-likeness (QED) is 0.898. The molecule has 0 spiro atoms. The number of nitrogens with two attached hydrogens (primary N) is 1. The number of imidazole rings is 1. The summed E-state index contributed by atoms with van der Waals surface area (Å²) in [5.41, 5.74) is 5.89. The molecule has 1 unspecified atom stereocenters. The zero-order valence-corrected chi connectivity index (χ0v) is 15.5. The first-order valence-corrected chi connectivity index (χ1v) is 9.03. The summed E-state index contributed by atoms with van der Waals surface area (Å²) in [6, 6.07) is 2.29. The molecule has 2 N–H and O–H groups in total. The average molecular weight is 344 g/mol. The standard InChI is InChI=1S/C18H28N6O/c1-12(2)24-9-7-20-17(24)14-6-5-8-23(11-14)15-10-16(25-13(3)4)22-18(19)21-15/h7,9-10,12-14H,5-6,8,11H2,1-4H3,(H2,19,21,22). The molecule has 0 bridgehead atoms. The molecule has 1 aliphatic rings. The minimum atomic E-state index is 0.0507. The minimum absolute atomic E-state index is 0.0507. The van der Waals surface area contributed by atoms with E-state index in [1.807, 2.05) is 26.1 Å². The second-order valence-corrected chi connectivity index (χ2v) is 7.16. The molecular formula is C18H28N6O. The van der Waals surface area contributed by atoms with Crippen LogP contribution in [0.1, 0.15) is 58.3 Å². The Morgan fingerprint density at radius 1 is 1.24 bits per heavy atom. The highest BCUT2D eigenvalue weighted by Crippen LogP contribution is 2.30. The number of hydrogen-bond acceptors (Lipinski definition) is 6. The van der Waals surface area contributed by atoms with E-state index in [2.05, 4.69) is 44.5 Å².